The average Bonchev–Trinajstić information content (AvgIpc) is 2.35. The molecule has 1 aromatic carbocycles. The van der Waals surface area contributed by atoms with Crippen molar-refractivity contribution in [2.75, 3.05) is 23.8 Å². The standard InChI is InChI=1S/C12H19N3O4/c1-3-9-4-5-10(14-8(2)17)12(15(18)19)11(9)13-6-7-16/h4-5,8,13-14,16-17H,3,6-7H2,1-2H3. The van der Waals surface area contributed by atoms with Crippen molar-refractivity contribution in [2.24, 2.45) is 0 Å². The third kappa shape index (κ3) is 3.80. The zero-order valence-corrected chi connectivity index (χ0v) is 11.0. The van der Waals surface area contributed by atoms with Crippen molar-refractivity contribution in [3.63, 3.8) is 0 Å². The van der Waals surface area contributed by atoms with Crippen LogP contribution in [0.25, 0.3) is 0 Å². The zero-order valence-electron chi connectivity index (χ0n) is 11.0. The van der Waals surface area contributed by atoms with E-state index in [9.17, 15) is 15.2 Å². The monoisotopic (exact) mass is 269 g/mol. The van der Waals surface area contributed by atoms with Gasteiger partial charge in [0.2, 0.25) is 0 Å². The smallest absolute Gasteiger partial charge is 0.315 e. The van der Waals surface area contributed by atoms with Gasteiger partial charge in [-0.1, -0.05) is 13.0 Å². The highest BCUT2D eigenvalue weighted by Gasteiger charge is 2.23. The van der Waals surface area contributed by atoms with Gasteiger partial charge >= 0.3 is 5.69 Å². The van der Waals surface area contributed by atoms with E-state index in [2.05, 4.69) is 10.6 Å². The quantitative estimate of drug-likeness (QED) is 0.338. The molecule has 19 heavy (non-hydrogen) atoms. The maximum absolute atomic E-state index is 11.2. The summed E-state index contributed by atoms with van der Waals surface area (Å²) >= 11 is 0. The van der Waals surface area contributed by atoms with Crippen LogP contribution in [0.1, 0.15) is 19.4 Å². The summed E-state index contributed by atoms with van der Waals surface area (Å²) in [6.45, 7) is 3.49. The van der Waals surface area contributed by atoms with Crippen molar-refractivity contribution in [3.05, 3.63) is 27.8 Å². The molecule has 0 saturated carbocycles. The number of hydrogen-bond donors (Lipinski definition) is 4. The highest BCUT2D eigenvalue weighted by molar-refractivity contribution is 5.79. The molecule has 4 N–H and O–H groups in total. The van der Waals surface area contributed by atoms with Gasteiger partial charge in [-0.2, -0.15) is 0 Å². The predicted octanol–water partition coefficient (Wildman–Crippen LogP) is 1.31. The molecule has 0 radical (unpaired) electrons. The van der Waals surface area contributed by atoms with E-state index in [1.807, 2.05) is 6.92 Å². The topological polar surface area (TPSA) is 108 Å². The van der Waals surface area contributed by atoms with Crippen LogP contribution in [0.4, 0.5) is 17.1 Å². The Kier molecular flexibility index (Phi) is 5.53. The van der Waals surface area contributed by atoms with Crippen molar-refractivity contribution < 1.29 is 15.1 Å². The van der Waals surface area contributed by atoms with Gasteiger partial charge in [-0.25, -0.2) is 0 Å². The van der Waals surface area contributed by atoms with Gasteiger partial charge in [0.05, 0.1) is 11.5 Å². The second kappa shape index (κ2) is 6.91. The van der Waals surface area contributed by atoms with Crippen molar-refractivity contribution in [2.45, 2.75) is 26.5 Å². The van der Waals surface area contributed by atoms with Gasteiger partial charge in [-0.3, -0.25) is 10.1 Å². The number of anilines is 2. The van der Waals surface area contributed by atoms with Crippen molar-refractivity contribution in [3.8, 4) is 0 Å². The number of nitro groups is 1. The summed E-state index contributed by atoms with van der Waals surface area (Å²) in [5.41, 5.74) is 1.30. The lowest BCUT2D eigenvalue weighted by molar-refractivity contribution is -0.383. The van der Waals surface area contributed by atoms with E-state index < -0.39 is 11.2 Å². The van der Waals surface area contributed by atoms with E-state index in [-0.39, 0.29) is 24.5 Å². The first-order chi connectivity index (χ1) is 9.01. The molecule has 1 unspecified atom stereocenters. The number of aliphatic hydroxyl groups excluding tert-OH is 2. The van der Waals surface area contributed by atoms with E-state index in [1.165, 1.54) is 6.92 Å². The molecular weight excluding hydrogens is 250 g/mol. The molecule has 1 rings (SSSR count). The summed E-state index contributed by atoms with van der Waals surface area (Å²) in [4.78, 5) is 10.7. The highest BCUT2D eigenvalue weighted by Crippen LogP contribution is 2.36. The first-order valence-corrected chi connectivity index (χ1v) is 6.10. The molecule has 0 saturated heterocycles. The zero-order chi connectivity index (χ0) is 14.4. The molecule has 1 aromatic rings. The lowest BCUT2D eigenvalue weighted by atomic mass is 10.1. The summed E-state index contributed by atoms with van der Waals surface area (Å²) < 4.78 is 0. The molecule has 7 nitrogen and oxygen atoms in total. The fourth-order valence-electron chi connectivity index (χ4n) is 1.84. The minimum Gasteiger partial charge on any atom is -0.395 e. The number of hydrogen-bond acceptors (Lipinski definition) is 6. The van der Waals surface area contributed by atoms with Crippen LogP contribution in [0.3, 0.4) is 0 Å². The van der Waals surface area contributed by atoms with E-state index >= 15 is 0 Å². The highest BCUT2D eigenvalue weighted by atomic mass is 16.6. The normalized spacial score (nSPS) is 12.0. The number of aryl methyl sites for hydroxylation is 1. The average molecular weight is 269 g/mol. The predicted molar refractivity (Wildman–Crippen MR) is 73.4 cm³/mol. The van der Waals surface area contributed by atoms with Crippen LogP contribution in [0, 0.1) is 10.1 Å². The van der Waals surface area contributed by atoms with Gasteiger partial charge in [0, 0.05) is 6.54 Å². The molecule has 0 bridgehead atoms. The molecule has 0 spiro atoms. The van der Waals surface area contributed by atoms with E-state index in [4.69, 9.17) is 5.11 Å². The summed E-state index contributed by atoms with van der Waals surface area (Å²) in [6.07, 6.45) is -0.263. The van der Waals surface area contributed by atoms with Crippen LogP contribution >= 0.6 is 0 Å². The first-order valence-electron chi connectivity index (χ1n) is 6.10. The summed E-state index contributed by atoms with van der Waals surface area (Å²) in [5.74, 6) is 0. The van der Waals surface area contributed by atoms with Crippen molar-refractivity contribution in [1.29, 1.82) is 0 Å². The van der Waals surface area contributed by atoms with Crippen LogP contribution < -0.4 is 10.6 Å². The van der Waals surface area contributed by atoms with Gasteiger partial charge in [0.25, 0.3) is 0 Å². The Morgan fingerprint density at radius 1 is 1.47 bits per heavy atom. The number of rotatable bonds is 7. The van der Waals surface area contributed by atoms with Gasteiger partial charge in [0.15, 0.2) is 0 Å². The number of nitrogens with zero attached hydrogens (tertiary/aromatic N) is 1. The number of nitro benzene ring substituents is 1. The lowest BCUT2D eigenvalue weighted by Crippen LogP contribution is -2.16. The van der Waals surface area contributed by atoms with Crippen LogP contribution in [0.5, 0.6) is 0 Å². The fraction of sp³-hybridized carbons (Fsp3) is 0.500. The fourth-order valence-corrected chi connectivity index (χ4v) is 1.84. The van der Waals surface area contributed by atoms with E-state index in [1.54, 1.807) is 12.1 Å². The van der Waals surface area contributed by atoms with Crippen molar-refractivity contribution >= 4 is 17.1 Å². The Labute approximate surface area is 111 Å². The molecule has 0 aliphatic rings. The van der Waals surface area contributed by atoms with Crippen LogP contribution in [0.15, 0.2) is 12.1 Å². The lowest BCUT2D eigenvalue weighted by Gasteiger charge is -2.15. The van der Waals surface area contributed by atoms with Gasteiger partial charge in [-0.05, 0) is 25.0 Å². The van der Waals surface area contributed by atoms with Crippen molar-refractivity contribution in [1.82, 2.24) is 0 Å². The minimum absolute atomic E-state index is 0.117. The molecule has 0 aliphatic carbocycles. The van der Waals surface area contributed by atoms with Gasteiger partial charge in [0.1, 0.15) is 17.6 Å². The maximum atomic E-state index is 11.2. The summed E-state index contributed by atoms with van der Waals surface area (Å²) in [7, 11) is 0. The molecular formula is C12H19N3O4. The van der Waals surface area contributed by atoms with Crippen LogP contribution in [-0.2, 0) is 6.42 Å². The van der Waals surface area contributed by atoms with Gasteiger partial charge in [-0.15, -0.1) is 0 Å². The molecule has 106 valence electrons. The molecule has 0 aromatic heterocycles. The molecule has 7 heteroatoms. The Morgan fingerprint density at radius 2 is 2.16 bits per heavy atom. The number of benzene rings is 1. The van der Waals surface area contributed by atoms with Crippen LogP contribution in [-0.4, -0.2) is 34.5 Å². The molecule has 0 fully saturated rings. The molecule has 1 atom stereocenters. The first kappa shape index (κ1) is 15.2. The molecule has 0 heterocycles. The third-order valence-electron chi connectivity index (χ3n) is 2.61. The Bertz CT molecular complexity index is 449. The third-order valence-corrected chi connectivity index (χ3v) is 2.61. The molecule has 0 aliphatic heterocycles. The Balaban J connectivity index is 3.30. The van der Waals surface area contributed by atoms with E-state index in [0.717, 1.165) is 5.56 Å². The SMILES string of the molecule is CCc1ccc(NC(C)O)c([N+](=O)[O-])c1NCCO. The second-order valence-corrected chi connectivity index (χ2v) is 4.08. The number of nitrogens with one attached hydrogen (secondary N) is 2. The minimum atomic E-state index is -0.892. The molecule has 0 amide bonds. The summed E-state index contributed by atoms with van der Waals surface area (Å²) in [5, 5.41) is 34.9. The Morgan fingerprint density at radius 3 is 2.63 bits per heavy atom. The second-order valence-electron chi connectivity index (χ2n) is 4.08. The van der Waals surface area contributed by atoms with E-state index in [0.29, 0.717) is 12.1 Å². The van der Waals surface area contributed by atoms with Crippen LogP contribution in [0.2, 0.25) is 0 Å². The maximum Gasteiger partial charge on any atom is 0.315 e. The van der Waals surface area contributed by atoms with Gasteiger partial charge < -0.3 is 20.8 Å². The number of aliphatic hydroxyl groups is 2. The summed E-state index contributed by atoms with van der Waals surface area (Å²) in [6, 6.07) is 3.34. The largest absolute Gasteiger partial charge is 0.395 e. The Hall–Kier alpha value is -1.86.